The molecule has 17 heavy (non-hydrogen) atoms. The van der Waals surface area contributed by atoms with Crippen LogP contribution in [0, 0.1) is 6.92 Å². The maximum absolute atomic E-state index is 11.8. The molecule has 0 radical (unpaired) electrons. The quantitative estimate of drug-likeness (QED) is 0.790. The number of hydrogen-bond acceptors (Lipinski definition) is 2. The molecule has 0 unspecified atom stereocenters. The molecule has 0 aliphatic carbocycles. The number of aryl methyl sites for hydroxylation is 1. The number of hydrogen-bond donors (Lipinski definition) is 1. The minimum atomic E-state index is -4.11. The summed E-state index contributed by atoms with van der Waals surface area (Å²) in [6.45, 7) is 1.52. The molecule has 1 aromatic rings. The Morgan fingerprint density at radius 3 is 2.59 bits per heavy atom. The third-order valence-electron chi connectivity index (χ3n) is 2.27. The molecule has 0 aromatic heterocycles. The molecular weight excluding hydrogens is 247 g/mol. The van der Waals surface area contributed by atoms with Crippen LogP contribution in [0.2, 0.25) is 0 Å². The lowest BCUT2D eigenvalue weighted by atomic mass is 10.1. The van der Waals surface area contributed by atoms with Crippen LogP contribution in [0.1, 0.15) is 11.1 Å². The number of thioether (sulfide) groups is 1. The maximum Gasteiger partial charge on any atom is 0.401 e. The predicted octanol–water partition coefficient (Wildman–Crippen LogP) is 3.38. The van der Waals surface area contributed by atoms with E-state index in [9.17, 15) is 13.2 Å². The van der Waals surface area contributed by atoms with Gasteiger partial charge in [0.15, 0.2) is 0 Å². The van der Waals surface area contributed by atoms with Crippen LogP contribution in [-0.4, -0.2) is 25.0 Å². The van der Waals surface area contributed by atoms with Crippen molar-refractivity contribution in [3.63, 3.8) is 0 Å². The summed E-state index contributed by atoms with van der Waals surface area (Å²) in [4.78, 5) is 0. The Hall–Kier alpha value is -0.680. The zero-order valence-electron chi connectivity index (χ0n) is 9.68. The molecule has 0 spiro atoms. The lowest BCUT2D eigenvalue weighted by molar-refractivity contribution is -0.124. The molecule has 0 bridgehead atoms. The van der Waals surface area contributed by atoms with Gasteiger partial charge in [-0.25, -0.2) is 0 Å². The van der Waals surface area contributed by atoms with Crippen LogP contribution >= 0.6 is 11.8 Å². The standard InChI is InChI=1S/C12H16F3NS/c1-10-4-2-3-5-11(10)8-17-7-6-16-9-12(13,14)15/h2-5,16H,6-9H2,1H3. The number of benzene rings is 1. The Morgan fingerprint density at radius 2 is 1.94 bits per heavy atom. The SMILES string of the molecule is Cc1ccccc1CSCCNCC(F)(F)F. The van der Waals surface area contributed by atoms with Crippen LogP contribution in [0.3, 0.4) is 0 Å². The van der Waals surface area contributed by atoms with Crippen molar-refractivity contribution >= 4 is 11.8 Å². The van der Waals surface area contributed by atoms with Gasteiger partial charge in [0.05, 0.1) is 6.54 Å². The molecule has 0 atom stereocenters. The van der Waals surface area contributed by atoms with Gasteiger partial charge in [-0.1, -0.05) is 24.3 Å². The summed E-state index contributed by atoms with van der Waals surface area (Å²) >= 11 is 1.64. The van der Waals surface area contributed by atoms with E-state index in [0.717, 1.165) is 5.75 Å². The van der Waals surface area contributed by atoms with Gasteiger partial charge in [0.2, 0.25) is 0 Å². The maximum atomic E-state index is 11.8. The van der Waals surface area contributed by atoms with Crippen molar-refractivity contribution < 1.29 is 13.2 Å². The molecule has 0 saturated heterocycles. The smallest absolute Gasteiger partial charge is 0.308 e. The highest BCUT2D eigenvalue weighted by Crippen LogP contribution is 2.15. The highest BCUT2D eigenvalue weighted by Gasteiger charge is 2.25. The summed E-state index contributed by atoms with van der Waals surface area (Å²) in [5.41, 5.74) is 2.47. The first kappa shape index (κ1) is 14.4. The van der Waals surface area contributed by atoms with Crippen LogP contribution in [0.4, 0.5) is 13.2 Å². The summed E-state index contributed by atoms with van der Waals surface area (Å²) in [5, 5.41) is 2.38. The predicted molar refractivity (Wildman–Crippen MR) is 66.3 cm³/mol. The lowest BCUT2D eigenvalue weighted by Crippen LogP contribution is -2.30. The fourth-order valence-corrected chi connectivity index (χ4v) is 2.31. The summed E-state index contributed by atoms with van der Waals surface area (Å²) < 4.78 is 35.4. The zero-order chi connectivity index (χ0) is 12.7. The first-order chi connectivity index (χ1) is 7.99. The summed E-state index contributed by atoms with van der Waals surface area (Å²) in [7, 11) is 0. The van der Waals surface area contributed by atoms with Crippen LogP contribution in [0.5, 0.6) is 0 Å². The fraction of sp³-hybridized carbons (Fsp3) is 0.500. The van der Waals surface area contributed by atoms with Crippen molar-refractivity contribution in [2.45, 2.75) is 18.9 Å². The van der Waals surface area contributed by atoms with Crippen molar-refractivity contribution in [1.29, 1.82) is 0 Å². The van der Waals surface area contributed by atoms with E-state index in [1.807, 2.05) is 31.2 Å². The van der Waals surface area contributed by atoms with Crippen LogP contribution in [0.25, 0.3) is 0 Å². The Bertz CT molecular complexity index is 339. The molecule has 96 valence electrons. The highest BCUT2D eigenvalue weighted by molar-refractivity contribution is 7.98. The molecule has 1 aromatic carbocycles. The fourth-order valence-electron chi connectivity index (χ4n) is 1.33. The van der Waals surface area contributed by atoms with E-state index in [2.05, 4.69) is 5.32 Å². The number of rotatable bonds is 6. The van der Waals surface area contributed by atoms with Crippen LogP contribution in [0.15, 0.2) is 24.3 Å². The summed E-state index contributed by atoms with van der Waals surface area (Å²) in [5.74, 6) is 1.53. The topological polar surface area (TPSA) is 12.0 Å². The molecule has 0 amide bonds. The third-order valence-corrected chi connectivity index (χ3v) is 3.28. The molecule has 1 N–H and O–H groups in total. The molecule has 0 saturated carbocycles. The first-order valence-electron chi connectivity index (χ1n) is 5.39. The van der Waals surface area contributed by atoms with Gasteiger partial charge in [-0.15, -0.1) is 0 Å². The number of halogens is 3. The van der Waals surface area contributed by atoms with Gasteiger partial charge in [-0.05, 0) is 18.1 Å². The second-order valence-corrected chi connectivity index (χ2v) is 4.88. The van der Waals surface area contributed by atoms with E-state index in [-0.39, 0.29) is 0 Å². The van der Waals surface area contributed by atoms with Crippen molar-refractivity contribution in [1.82, 2.24) is 5.32 Å². The van der Waals surface area contributed by atoms with Gasteiger partial charge in [0.1, 0.15) is 0 Å². The van der Waals surface area contributed by atoms with Gasteiger partial charge >= 0.3 is 6.18 Å². The Morgan fingerprint density at radius 1 is 1.24 bits per heavy atom. The lowest BCUT2D eigenvalue weighted by Gasteiger charge is -2.08. The Kier molecular flexibility index (Phi) is 5.85. The van der Waals surface area contributed by atoms with Crippen molar-refractivity contribution in [3.8, 4) is 0 Å². The van der Waals surface area contributed by atoms with Gasteiger partial charge in [0.25, 0.3) is 0 Å². The summed E-state index contributed by atoms with van der Waals surface area (Å²) in [6.07, 6.45) is -4.11. The van der Waals surface area contributed by atoms with Crippen LogP contribution < -0.4 is 5.32 Å². The van der Waals surface area contributed by atoms with Gasteiger partial charge < -0.3 is 5.32 Å². The van der Waals surface area contributed by atoms with E-state index in [0.29, 0.717) is 12.3 Å². The Labute approximate surface area is 104 Å². The number of nitrogens with one attached hydrogen (secondary N) is 1. The minimum Gasteiger partial charge on any atom is -0.308 e. The zero-order valence-corrected chi connectivity index (χ0v) is 10.5. The van der Waals surface area contributed by atoms with Gasteiger partial charge in [0, 0.05) is 18.1 Å². The number of alkyl halides is 3. The molecule has 1 nitrogen and oxygen atoms in total. The van der Waals surface area contributed by atoms with E-state index in [1.54, 1.807) is 11.8 Å². The average Bonchev–Trinajstić information content (AvgIpc) is 2.24. The minimum absolute atomic E-state index is 0.385. The van der Waals surface area contributed by atoms with Crippen molar-refractivity contribution in [2.75, 3.05) is 18.8 Å². The van der Waals surface area contributed by atoms with Gasteiger partial charge in [-0.2, -0.15) is 24.9 Å². The van der Waals surface area contributed by atoms with Crippen molar-refractivity contribution in [2.24, 2.45) is 0 Å². The van der Waals surface area contributed by atoms with Crippen LogP contribution in [-0.2, 0) is 5.75 Å². The highest BCUT2D eigenvalue weighted by atomic mass is 32.2. The monoisotopic (exact) mass is 263 g/mol. The second kappa shape index (κ2) is 6.91. The normalized spacial score (nSPS) is 11.8. The van der Waals surface area contributed by atoms with E-state index < -0.39 is 12.7 Å². The van der Waals surface area contributed by atoms with E-state index >= 15 is 0 Å². The first-order valence-corrected chi connectivity index (χ1v) is 6.54. The summed E-state index contributed by atoms with van der Waals surface area (Å²) in [6, 6.07) is 8.04. The molecule has 5 heteroatoms. The molecule has 0 aliphatic rings. The van der Waals surface area contributed by atoms with Gasteiger partial charge in [-0.3, -0.25) is 0 Å². The van der Waals surface area contributed by atoms with E-state index in [4.69, 9.17) is 0 Å². The molecule has 0 aliphatic heterocycles. The Balaban J connectivity index is 2.11. The molecule has 1 rings (SSSR count). The van der Waals surface area contributed by atoms with E-state index in [1.165, 1.54) is 11.1 Å². The largest absolute Gasteiger partial charge is 0.401 e. The molecule has 0 heterocycles. The second-order valence-electron chi connectivity index (χ2n) is 3.77. The van der Waals surface area contributed by atoms with Crippen molar-refractivity contribution in [3.05, 3.63) is 35.4 Å². The third kappa shape index (κ3) is 6.58. The average molecular weight is 263 g/mol. The molecule has 0 fully saturated rings. The molecular formula is C12H16F3NS.